The number of hydrogen-bond acceptors (Lipinski definition) is 2. The third-order valence-corrected chi connectivity index (χ3v) is 5.19. The molecule has 1 aromatic heterocycles. The highest BCUT2D eigenvalue weighted by Crippen LogP contribution is 2.49. The molecule has 0 saturated heterocycles. The maximum absolute atomic E-state index is 12.0. The quantitative estimate of drug-likeness (QED) is 0.908. The summed E-state index contributed by atoms with van der Waals surface area (Å²) in [4.78, 5) is 12.0. The first-order chi connectivity index (χ1) is 9.61. The van der Waals surface area contributed by atoms with E-state index in [2.05, 4.69) is 17.3 Å². The minimum Gasteiger partial charge on any atom is -0.353 e. The summed E-state index contributed by atoms with van der Waals surface area (Å²) in [5.74, 6) is 2.58. The van der Waals surface area contributed by atoms with E-state index in [1.54, 1.807) is 17.1 Å². The number of amides is 1. The molecular weight excluding hydrogens is 274 g/mol. The fourth-order valence-electron chi connectivity index (χ4n) is 4.02. The normalized spacial score (nSPS) is 29.6. The summed E-state index contributed by atoms with van der Waals surface area (Å²) >= 11 is 5.80. The van der Waals surface area contributed by atoms with Gasteiger partial charge in [0.1, 0.15) is 0 Å². The number of carbonyl (C=O) groups is 1. The fraction of sp³-hybridized carbons (Fsp3) is 0.733. The zero-order valence-corrected chi connectivity index (χ0v) is 12.6. The van der Waals surface area contributed by atoms with Crippen molar-refractivity contribution in [1.29, 1.82) is 0 Å². The Morgan fingerprint density at radius 3 is 3.00 bits per heavy atom. The zero-order chi connectivity index (χ0) is 14.1. The molecule has 1 amide bonds. The van der Waals surface area contributed by atoms with Crippen LogP contribution in [0.4, 0.5) is 0 Å². The molecule has 2 aliphatic carbocycles. The Balaban J connectivity index is 1.44. The van der Waals surface area contributed by atoms with E-state index in [4.69, 9.17) is 11.6 Å². The lowest BCUT2D eigenvalue weighted by atomic mass is 9.84. The first-order valence-electron chi connectivity index (χ1n) is 7.59. The van der Waals surface area contributed by atoms with Crippen LogP contribution >= 0.6 is 11.6 Å². The molecule has 20 heavy (non-hydrogen) atoms. The van der Waals surface area contributed by atoms with Crippen LogP contribution in [0.2, 0.25) is 5.02 Å². The van der Waals surface area contributed by atoms with Crippen LogP contribution in [0, 0.1) is 17.8 Å². The van der Waals surface area contributed by atoms with Gasteiger partial charge in [0, 0.05) is 25.2 Å². The van der Waals surface area contributed by atoms with Gasteiger partial charge in [-0.1, -0.05) is 18.0 Å². The highest BCUT2D eigenvalue weighted by molar-refractivity contribution is 6.30. The van der Waals surface area contributed by atoms with Gasteiger partial charge in [-0.25, -0.2) is 0 Å². The molecule has 110 valence electrons. The number of aryl methyl sites for hydroxylation is 1. The number of fused-ring (bicyclic) bond motifs is 2. The van der Waals surface area contributed by atoms with Crippen molar-refractivity contribution in [3.05, 3.63) is 17.4 Å². The van der Waals surface area contributed by atoms with Crippen LogP contribution < -0.4 is 5.32 Å². The summed E-state index contributed by atoms with van der Waals surface area (Å²) < 4.78 is 1.71. The monoisotopic (exact) mass is 295 g/mol. The highest BCUT2D eigenvalue weighted by atomic mass is 35.5. The van der Waals surface area contributed by atoms with Crippen LogP contribution in [0.3, 0.4) is 0 Å². The van der Waals surface area contributed by atoms with Gasteiger partial charge in [0.15, 0.2) is 0 Å². The average molecular weight is 296 g/mol. The lowest BCUT2D eigenvalue weighted by molar-refractivity contribution is -0.122. The molecule has 0 aliphatic heterocycles. The van der Waals surface area contributed by atoms with Gasteiger partial charge in [-0.15, -0.1) is 0 Å². The predicted molar refractivity (Wildman–Crippen MR) is 78.4 cm³/mol. The maximum Gasteiger partial charge on any atom is 0.222 e. The number of halogens is 1. The molecule has 0 radical (unpaired) electrons. The molecule has 4 atom stereocenters. The summed E-state index contributed by atoms with van der Waals surface area (Å²) in [6, 6.07) is 0.305. The predicted octanol–water partition coefficient (Wildman–Crippen LogP) is 2.87. The second-order valence-corrected chi connectivity index (χ2v) is 6.80. The van der Waals surface area contributed by atoms with Crippen molar-refractivity contribution in [2.24, 2.45) is 17.8 Å². The van der Waals surface area contributed by atoms with E-state index in [9.17, 15) is 4.79 Å². The zero-order valence-electron chi connectivity index (χ0n) is 11.9. The van der Waals surface area contributed by atoms with Gasteiger partial charge in [0.2, 0.25) is 5.91 Å². The number of aromatic nitrogens is 2. The van der Waals surface area contributed by atoms with Crippen LogP contribution in [0.5, 0.6) is 0 Å². The molecule has 2 aliphatic rings. The lowest BCUT2D eigenvalue weighted by Gasteiger charge is -2.28. The van der Waals surface area contributed by atoms with E-state index in [0.29, 0.717) is 29.9 Å². The topological polar surface area (TPSA) is 46.9 Å². The minimum atomic E-state index is 0.117. The molecule has 1 aromatic rings. The molecule has 0 aromatic carbocycles. The third kappa shape index (κ3) is 3.00. The summed E-state index contributed by atoms with van der Waals surface area (Å²) in [7, 11) is 0. The van der Waals surface area contributed by atoms with Crippen LogP contribution in [0.25, 0.3) is 0 Å². The molecule has 3 rings (SSSR count). The first kappa shape index (κ1) is 13.9. The molecular formula is C15H22ClN3O. The van der Waals surface area contributed by atoms with Crippen LogP contribution in [-0.2, 0) is 11.3 Å². The van der Waals surface area contributed by atoms with Gasteiger partial charge in [0.05, 0.1) is 11.2 Å². The minimum absolute atomic E-state index is 0.117. The van der Waals surface area contributed by atoms with Crippen molar-refractivity contribution in [2.75, 3.05) is 0 Å². The Morgan fingerprint density at radius 1 is 1.55 bits per heavy atom. The Labute approximate surface area is 124 Å². The van der Waals surface area contributed by atoms with E-state index < -0.39 is 0 Å². The van der Waals surface area contributed by atoms with Crippen LogP contribution in [0.15, 0.2) is 12.4 Å². The number of carbonyl (C=O) groups excluding carboxylic acids is 1. The molecule has 0 spiro atoms. The molecule has 0 unspecified atom stereocenters. The third-order valence-electron chi connectivity index (χ3n) is 4.99. The molecule has 1 heterocycles. The van der Waals surface area contributed by atoms with Crippen molar-refractivity contribution in [1.82, 2.24) is 15.1 Å². The molecule has 2 bridgehead atoms. The van der Waals surface area contributed by atoms with E-state index in [1.165, 1.54) is 25.7 Å². The summed E-state index contributed by atoms with van der Waals surface area (Å²) in [5, 5.41) is 7.86. The Bertz CT molecular complexity index is 487. The van der Waals surface area contributed by atoms with Crippen LogP contribution in [-0.4, -0.2) is 21.7 Å². The summed E-state index contributed by atoms with van der Waals surface area (Å²) in [5.41, 5.74) is 0. The standard InChI is InChI=1S/C15H22ClN3O/c1-10(14-7-11-2-3-12(14)6-11)18-15(20)4-5-19-9-13(16)8-17-19/h8-12,14H,2-7H2,1H3,(H,18,20)/t10-,11-,12-,14+/m0/s1. The van der Waals surface area contributed by atoms with Crippen LogP contribution in [0.1, 0.15) is 39.0 Å². The molecule has 5 heteroatoms. The fourth-order valence-corrected chi connectivity index (χ4v) is 4.17. The van der Waals surface area contributed by atoms with Gasteiger partial charge < -0.3 is 5.32 Å². The van der Waals surface area contributed by atoms with Gasteiger partial charge in [-0.05, 0) is 43.9 Å². The Kier molecular flexibility index (Phi) is 4.01. The smallest absolute Gasteiger partial charge is 0.222 e. The van der Waals surface area contributed by atoms with Gasteiger partial charge in [-0.2, -0.15) is 5.10 Å². The van der Waals surface area contributed by atoms with Crippen molar-refractivity contribution in [3.63, 3.8) is 0 Å². The van der Waals surface area contributed by atoms with E-state index in [0.717, 1.165) is 11.8 Å². The van der Waals surface area contributed by atoms with Gasteiger partial charge in [-0.3, -0.25) is 9.48 Å². The maximum atomic E-state index is 12.0. The summed E-state index contributed by atoms with van der Waals surface area (Å²) in [6.07, 6.45) is 9.26. The number of rotatable bonds is 5. The average Bonchev–Trinajstić information content (AvgIpc) is 3.12. The molecule has 2 saturated carbocycles. The molecule has 1 N–H and O–H groups in total. The first-order valence-corrected chi connectivity index (χ1v) is 7.97. The number of hydrogen-bond donors (Lipinski definition) is 1. The second kappa shape index (κ2) is 5.76. The number of nitrogens with one attached hydrogen (secondary N) is 1. The van der Waals surface area contributed by atoms with Crippen molar-refractivity contribution >= 4 is 17.5 Å². The largest absolute Gasteiger partial charge is 0.353 e. The van der Waals surface area contributed by atoms with Crippen molar-refractivity contribution < 1.29 is 4.79 Å². The lowest BCUT2D eigenvalue weighted by Crippen LogP contribution is -2.40. The van der Waals surface area contributed by atoms with Crippen molar-refractivity contribution in [2.45, 2.75) is 51.6 Å². The van der Waals surface area contributed by atoms with E-state index in [1.807, 2.05) is 0 Å². The molecule has 4 nitrogen and oxygen atoms in total. The van der Waals surface area contributed by atoms with E-state index in [-0.39, 0.29) is 5.91 Å². The Hall–Kier alpha value is -1.03. The SMILES string of the molecule is C[C@H](NC(=O)CCn1cc(Cl)cn1)[C@H]1C[C@H]2CC[C@H]1C2. The second-order valence-electron chi connectivity index (χ2n) is 6.37. The molecule has 2 fully saturated rings. The number of nitrogens with zero attached hydrogens (tertiary/aromatic N) is 2. The Morgan fingerprint density at radius 2 is 2.40 bits per heavy atom. The summed E-state index contributed by atoms with van der Waals surface area (Å²) in [6.45, 7) is 2.75. The van der Waals surface area contributed by atoms with E-state index >= 15 is 0 Å². The van der Waals surface area contributed by atoms with Crippen molar-refractivity contribution in [3.8, 4) is 0 Å². The highest BCUT2D eigenvalue weighted by Gasteiger charge is 2.41. The van der Waals surface area contributed by atoms with Gasteiger partial charge >= 0.3 is 0 Å². The van der Waals surface area contributed by atoms with Gasteiger partial charge in [0.25, 0.3) is 0 Å².